The molecule has 0 fully saturated rings. The predicted molar refractivity (Wildman–Crippen MR) is 202 cm³/mol. The van der Waals surface area contributed by atoms with E-state index in [0.29, 0.717) is 11.5 Å². The van der Waals surface area contributed by atoms with E-state index in [1.165, 1.54) is 22.3 Å². The van der Waals surface area contributed by atoms with E-state index >= 15 is 0 Å². The van der Waals surface area contributed by atoms with Crippen LogP contribution in [0.1, 0.15) is 0 Å². The summed E-state index contributed by atoms with van der Waals surface area (Å²) < 4.78 is 13.1. The zero-order valence-electron chi connectivity index (χ0n) is 26.7. The number of ether oxygens (including phenoxy) is 2. The van der Waals surface area contributed by atoms with E-state index < -0.39 is 0 Å². The summed E-state index contributed by atoms with van der Waals surface area (Å²) in [7, 11) is 0. The molecular formula is C46H31NO2. The van der Waals surface area contributed by atoms with Gasteiger partial charge in [-0.3, -0.25) is 0 Å². The van der Waals surface area contributed by atoms with E-state index in [2.05, 4.69) is 150 Å². The van der Waals surface area contributed by atoms with Gasteiger partial charge in [0.05, 0.1) is 5.39 Å². The van der Waals surface area contributed by atoms with E-state index in [9.17, 15) is 0 Å². The minimum absolute atomic E-state index is 0.700. The number of hydrogen-bond donors (Lipinski definition) is 0. The van der Waals surface area contributed by atoms with Crippen LogP contribution in [0.5, 0.6) is 23.0 Å². The van der Waals surface area contributed by atoms with Crippen molar-refractivity contribution in [2.24, 2.45) is 0 Å². The first-order valence-corrected chi connectivity index (χ1v) is 16.5. The summed E-state index contributed by atoms with van der Waals surface area (Å²) >= 11 is 0. The molecule has 0 aromatic heterocycles. The van der Waals surface area contributed by atoms with Crippen LogP contribution in [0.25, 0.3) is 44.2 Å². The monoisotopic (exact) mass is 629 g/mol. The molecule has 1 heterocycles. The summed E-state index contributed by atoms with van der Waals surface area (Å²) in [5, 5.41) is 2.07. The van der Waals surface area contributed by atoms with Crippen LogP contribution < -0.4 is 14.4 Å². The molecule has 0 N–H and O–H groups in total. The highest BCUT2D eigenvalue weighted by molar-refractivity contribution is 5.95. The first-order valence-electron chi connectivity index (χ1n) is 16.5. The van der Waals surface area contributed by atoms with Crippen molar-refractivity contribution in [2.45, 2.75) is 0 Å². The van der Waals surface area contributed by atoms with Crippen molar-refractivity contribution < 1.29 is 9.47 Å². The molecule has 0 saturated carbocycles. The average molecular weight is 630 g/mol. The minimum atomic E-state index is 0.700. The van der Waals surface area contributed by atoms with Crippen LogP contribution in [0.3, 0.4) is 0 Å². The second-order valence-corrected chi connectivity index (χ2v) is 12.2. The fourth-order valence-corrected chi connectivity index (χ4v) is 6.70. The molecule has 9 rings (SSSR count). The van der Waals surface area contributed by atoms with E-state index in [1.54, 1.807) is 0 Å². The first-order chi connectivity index (χ1) is 24.3. The Balaban J connectivity index is 1.04. The Bertz CT molecular complexity index is 2400. The lowest BCUT2D eigenvalue weighted by molar-refractivity contribution is 0.440. The summed E-state index contributed by atoms with van der Waals surface area (Å²) in [6, 6.07) is 65.5. The fourth-order valence-electron chi connectivity index (χ4n) is 6.70. The second-order valence-electron chi connectivity index (χ2n) is 12.2. The molecule has 0 spiro atoms. The molecule has 3 nitrogen and oxygen atoms in total. The number of rotatable bonds is 6. The van der Waals surface area contributed by atoms with Gasteiger partial charge in [0, 0.05) is 22.6 Å². The highest BCUT2D eigenvalue weighted by Crippen LogP contribution is 2.49. The lowest BCUT2D eigenvalue weighted by Gasteiger charge is -2.26. The number of anilines is 3. The quantitative estimate of drug-likeness (QED) is 0.183. The van der Waals surface area contributed by atoms with Crippen molar-refractivity contribution in [1.29, 1.82) is 0 Å². The van der Waals surface area contributed by atoms with Gasteiger partial charge in [0.15, 0.2) is 11.5 Å². The average Bonchev–Trinajstić information content (AvgIpc) is 3.34. The van der Waals surface area contributed by atoms with E-state index in [4.69, 9.17) is 9.47 Å². The number of hydrogen-bond acceptors (Lipinski definition) is 3. The highest BCUT2D eigenvalue weighted by atomic mass is 16.5. The number of fused-ring (bicyclic) bond motifs is 1. The maximum Gasteiger partial charge on any atom is 0.177 e. The van der Waals surface area contributed by atoms with Gasteiger partial charge in [0.1, 0.15) is 11.5 Å². The van der Waals surface area contributed by atoms with Crippen LogP contribution in [-0.2, 0) is 0 Å². The van der Waals surface area contributed by atoms with Crippen LogP contribution in [0, 0.1) is 0 Å². The summed E-state index contributed by atoms with van der Waals surface area (Å²) in [5.74, 6) is 3.01. The SMILES string of the molecule is c1ccc(-c2ccc(-c3ccc(N(c4ccccc4)c4ccc(-c5cccc6c5Oc5cccc7cccc(c57)O6)cc4)cc3)cc2)cc1. The third-order valence-electron chi connectivity index (χ3n) is 9.14. The topological polar surface area (TPSA) is 21.7 Å². The summed E-state index contributed by atoms with van der Waals surface area (Å²) in [5.41, 5.74) is 10.1. The van der Waals surface area contributed by atoms with Crippen molar-refractivity contribution in [2.75, 3.05) is 4.90 Å². The van der Waals surface area contributed by atoms with Crippen LogP contribution in [0.4, 0.5) is 17.1 Å². The molecule has 0 atom stereocenters. The van der Waals surface area contributed by atoms with E-state index in [0.717, 1.165) is 50.5 Å². The molecule has 1 aliphatic heterocycles. The van der Waals surface area contributed by atoms with Gasteiger partial charge >= 0.3 is 0 Å². The number of nitrogens with zero attached hydrogens (tertiary/aromatic N) is 1. The van der Waals surface area contributed by atoms with E-state index in [-0.39, 0.29) is 0 Å². The van der Waals surface area contributed by atoms with Crippen LogP contribution >= 0.6 is 0 Å². The fraction of sp³-hybridized carbons (Fsp3) is 0. The maximum absolute atomic E-state index is 6.62. The molecule has 0 saturated heterocycles. The van der Waals surface area contributed by atoms with Gasteiger partial charge in [0.2, 0.25) is 0 Å². The van der Waals surface area contributed by atoms with Crippen LogP contribution in [0.15, 0.2) is 188 Å². The first kappa shape index (κ1) is 28.6. The second kappa shape index (κ2) is 12.2. The Morgan fingerprint density at radius 3 is 1.37 bits per heavy atom. The Kier molecular flexibility index (Phi) is 7.14. The molecule has 1 aliphatic rings. The molecule has 0 aliphatic carbocycles. The van der Waals surface area contributed by atoms with Crippen molar-refractivity contribution in [3.8, 4) is 56.4 Å². The molecule has 0 amide bonds. The summed E-state index contributed by atoms with van der Waals surface area (Å²) in [6.07, 6.45) is 0. The molecule has 3 heteroatoms. The summed E-state index contributed by atoms with van der Waals surface area (Å²) in [4.78, 5) is 2.29. The Morgan fingerprint density at radius 1 is 0.306 bits per heavy atom. The molecular weight excluding hydrogens is 599 g/mol. The van der Waals surface area contributed by atoms with Gasteiger partial charge < -0.3 is 14.4 Å². The van der Waals surface area contributed by atoms with Crippen LogP contribution in [0.2, 0.25) is 0 Å². The molecule has 0 radical (unpaired) electrons. The van der Waals surface area contributed by atoms with Gasteiger partial charge in [-0.25, -0.2) is 0 Å². The lowest BCUT2D eigenvalue weighted by Crippen LogP contribution is -2.09. The lowest BCUT2D eigenvalue weighted by atomic mass is 10.00. The third kappa shape index (κ3) is 5.38. The van der Waals surface area contributed by atoms with Gasteiger partial charge in [-0.05, 0) is 87.8 Å². The normalized spacial score (nSPS) is 11.6. The molecule has 0 bridgehead atoms. The standard InChI is InChI=1S/C46H31NO2/c1-3-10-32(11-4-1)33-20-22-34(23-21-33)35-24-28-39(29-25-35)47(38-14-5-2-6-15-38)40-30-26-36(27-31-40)41-16-9-19-44-46(41)49-43-18-8-13-37-12-7-17-42(48-44)45(37)43/h1-31H. The predicted octanol–water partition coefficient (Wildman–Crippen LogP) is 13.2. The molecule has 49 heavy (non-hydrogen) atoms. The summed E-state index contributed by atoms with van der Waals surface area (Å²) in [6.45, 7) is 0. The third-order valence-corrected chi connectivity index (χ3v) is 9.14. The Morgan fingerprint density at radius 2 is 0.755 bits per heavy atom. The molecule has 8 aromatic carbocycles. The Labute approximate surface area is 285 Å². The van der Waals surface area contributed by atoms with Crippen molar-refractivity contribution in [3.63, 3.8) is 0 Å². The van der Waals surface area contributed by atoms with Crippen molar-refractivity contribution >= 4 is 27.8 Å². The van der Waals surface area contributed by atoms with Gasteiger partial charge in [0.25, 0.3) is 0 Å². The van der Waals surface area contributed by atoms with Gasteiger partial charge in [-0.1, -0.05) is 133 Å². The van der Waals surface area contributed by atoms with Crippen molar-refractivity contribution in [3.05, 3.63) is 188 Å². The molecule has 8 aromatic rings. The molecule has 0 unspecified atom stereocenters. The van der Waals surface area contributed by atoms with Crippen LogP contribution in [-0.4, -0.2) is 0 Å². The smallest absolute Gasteiger partial charge is 0.177 e. The number of para-hydroxylation sites is 2. The largest absolute Gasteiger partial charge is 0.453 e. The Hall–Kier alpha value is -6.58. The van der Waals surface area contributed by atoms with Gasteiger partial charge in [-0.15, -0.1) is 0 Å². The maximum atomic E-state index is 6.62. The zero-order valence-corrected chi connectivity index (χ0v) is 26.7. The zero-order chi connectivity index (χ0) is 32.6. The molecule has 232 valence electrons. The van der Waals surface area contributed by atoms with Gasteiger partial charge in [-0.2, -0.15) is 0 Å². The van der Waals surface area contributed by atoms with Crippen molar-refractivity contribution in [1.82, 2.24) is 0 Å². The van der Waals surface area contributed by atoms with E-state index in [1.807, 2.05) is 42.5 Å². The number of benzene rings is 8. The highest BCUT2D eigenvalue weighted by Gasteiger charge is 2.22. The minimum Gasteiger partial charge on any atom is -0.453 e.